The number of ether oxygens (including phenoxy) is 1. The Hall–Kier alpha value is -2.05. The number of nitrogens with two attached hydrogens (primary N) is 2. The highest BCUT2D eigenvalue weighted by molar-refractivity contribution is 5.61. The first kappa shape index (κ1) is 16.0. The lowest BCUT2D eigenvalue weighted by atomic mass is 10.2. The standard InChI is InChI=1S/C13H18F3N3O/c1-4-19(5-2)8(3)13(15,16)20-12-6-9(14)10(17)7-11(12)18/h6-7H,3-5,17-18H2,1-2H3. The minimum absolute atomic E-state index is 0.170. The van der Waals surface area contributed by atoms with E-state index in [0.717, 1.165) is 12.1 Å². The predicted molar refractivity (Wildman–Crippen MR) is 72.9 cm³/mol. The number of nitrogens with zero attached hydrogens (tertiary/aromatic N) is 1. The Bertz CT molecular complexity index is 502. The van der Waals surface area contributed by atoms with Gasteiger partial charge < -0.3 is 21.1 Å². The van der Waals surface area contributed by atoms with E-state index < -0.39 is 23.4 Å². The van der Waals surface area contributed by atoms with Crippen LogP contribution in [0.2, 0.25) is 0 Å². The van der Waals surface area contributed by atoms with E-state index in [-0.39, 0.29) is 11.4 Å². The molecular formula is C13H18F3N3O. The van der Waals surface area contributed by atoms with Gasteiger partial charge in [0.15, 0.2) is 5.75 Å². The maximum absolute atomic E-state index is 14.0. The Morgan fingerprint density at radius 1 is 1.25 bits per heavy atom. The van der Waals surface area contributed by atoms with Crippen LogP contribution in [0, 0.1) is 5.82 Å². The van der Waals surface area contributed by atoms with Gasteiger partial charge in [0.1, 0.15) is 11.5 Å². The van der Waals surface area contributed by atoms with Crippen LogP contribution in [-0.2, 0) is 0 Å². The van der Waals surface area contributed by atoms with Gasteiger partial charge >= 0.3 is 6.11 Å². The number of benzene rings is 1. The first-order chi connectivity index (χ1) is 9.22. The van der Waals surface area contributed by atoms with Crippen LogP contribution in [0.1, 0.15) is 13.8 Å². The summed E-state index contributed by atoms with van der Waals surface area (Å²) >= 11 is 0. The zero-order valence-corrected chi connectivity index (χ0v) is 11.4. The van der Waals surface area contributed by atoms with Gasteiger partial charge in [-0.15, -0.1) is 0 Å². The van der Waals surface area contributed by atoms with Gasteiger partial charge in [0.25, 0.3) is 0 Å². The number of halogens is 3. The van der Waals surface area contributed by atoms with Crippen LogP contribution in [0.3, 0.4) is 0 Å². The Labute approximate surface area is 115 Å². The van der Waals surface area contributed by atoms with E-state index in [1.807, 2.05) is 0 Å². The van der Waals surface area contributed by atoms with Crippen molar-refractivity contribution in [2.45, 2.75) is 20.0 Å². The second-order valence-electron chi connectivity index (χ2n) is 4.15. The molecule has 1 aromatic carbocycles. The highest BCUT2D eigenvalue weighted by atomic mass is 19.3. The zero-order valence-electron chi connectivity index (χ0n) is 11.4. The maximum Gasteiger partial charge on any atom is 0.441 e. The van der Waals surface area contributed by atoms with Crippen molar-refractivity contribution in [1.82, 2.24) is 4.90 Å². The number of nitrogen functional groups attached to an aromatic ring is 2. The van der Waals surface area contributed by atoms with Crippen molar-refractivity contribution in [2.24, 2.45) is 0 Å². The number of hydrogen-bond donors (Lipinski definition) is 2. The third-order valence-electron chi connectivity index (χ3n) is 2.85. The molecule has 0 atom stereocenters. The molecule has 0 saturated heterocycles. The number of anilines is 2. The average molecular weight is 289 g/mol. The molecule has 0 aliphatic rings. The lowest BCUT2D eigenvalue weighted by Gasteiger charge is -2.29. The van der Waals surface area contributed by atoms with Gasteiger partial charge in [-0.1, -0.05) is 6.58 Å². The molecular weight excluding hydrogens is 271 g/mol. The predicted octanol–water partition coefficient (Wildman–Crippen LogP) is 2.82. The van der Waals surface area contributed by atoms with Crippen molar-refractivity contribution in [3.63, 3.8) is 0 Å². The monoisotopic (exact) mass is 289 g/mol. The summed E-state index contributed by atoms with van der Waals surface area (Å²) in [6, 6.07) is 1.76. The molecule has 0 fully saturated rings. The summed E-state index contributed by atoms with van der Waals surface area (Å²) in [7, 11) is 0. The van der Waals surface area contributed by atoms with Crippen LogP contribution < -0.4 is 16.2 Å². The Balaban J connectivity index is 3.01. The number of likely N-dealkylation sites (N-methyl/N-ethyl adjacent to an activating group) is 1. The van der Waals surface area contributed by atoms with Crippen LogP contribution in [0.5, 0.6) is 5.75 Å². The van der Waals surface area contributed by atoms with E-state index in [4.69, 9.17) is 11.5 Å². The van der Waals surface area contributed by atoms with Crippen LogP contribution >= 0.6 is 0 Å². The van der Waals surface area contributed by atoms with E-state index in [1.54, 1.807) is 13.8 Å². The Kier molecular flexibility index (Phi) is 4.75. The smallest absolute Gasteiger partial charge is 0.426 e. The summed E-state index contributed by atoms with van der Waals surface area (Å²) in [6.07, 6.45) is -3.69. The van der Waals surface area contributed by atoms with Gasteiger partial charge in [0.05, 0.1) is 11.4 Å². The minimum Gasteiger partial charge on any atom is -0.426 e. The molecule has 0 radical (unpaired) electrons. The van der Waals surface area contributed by atoms with E-state index in [1.165, 1.54) is 4.90 Å². The minimum atomic E-state index is -3.69. The zero-order chi connectivity index (χ0) is 15.5. The van der Waals surface area contributed by atoms with Gasteiger partial charge in [0, 0.05) is 19.2 Å². The fourth-order valence-electron chi connectivity index (χ4n) is 1.66. The molecule has 0 unspecified atom stereocenters. The highest BCUT2D eigenvalue weighted by Crippen LogP contribution is 2.34. The first-order valence-corrected chi connectivity index (χ1v) is 6.08. The second-order valence-corrected chi connectivity index (χ2v) is 4.15. The van der Waals surface area contributed by atoms with E-state index in [2.05, 4.69) is 11.3 Å². The molecule has 7 heteroatoms. The van der Waals surface area contributed by atoms with Crippen LogP contribution in [0.25, 0.3) is 0 Å². The molecule has 0 aliphatic heterocycles. The molecule has 1 rings (SSSR count). The summed E-state index contributed by atoms with van der Waals surface area (Å²) in [5.74, 6) is -1.35. The summed E-state index contributed by atoms with van der Waals surface area (Å²) in [5.41, 5.74) is 9.85. The van der Waals surface area contributed by atoms with Crippen LogP contribution in [-0.4, -0.2) is 24.1 Å². The van der Waals surface area contributed by atoms with Crippen molar-refractivity contribution in [1.29, 1.82) is 0 Å². The molecule has 4 N–H and O–H groups in total. The number of hydrogen-bond acceptors (Lipinski definition) is 4. The lowest BCUT2D eigenvalue weighted by Crippen LogP contribution is -2.38. The molecule has 4 nitrogen and oxygen atoms in total. The van der Waals surface area contributed by atoms with Crippen LogP contribution in [0.4, 0.5) is 24.5 Å². The molecule has 112 valence electrons. The van der Waals surface area contributed by atoms with Gasteiger partial charge in [0.2, 0.25) is 0 Å². The quantitative estimate of drug-likeness (QED) is 0.790. The largest absolute Gasteiger partial charge is 0.441 e. The highest BCUT2D eigenvalue weighted by Gasteiger charge is 2.39. The van der Waals surface area contributed by atoms with Crippen molar-refractivity contribution >= 4 is 11.4 Å². The third-order valence-corrected chi connectivity index (χ3v) is 2.85. The molecule has 0 spiro atoms. The molecule has 0 bridgehead atoms. The summed E-state index contributed by atoms with van der Waals surface area (Å²) in [6.45, 7) is 7.44. The third kappa shape index (κ3) is 3.28. The Morgan fingerprint density at radius 2 is 1.80 bits per heavy atom. The maximum atomic E-state index is 14.0. The normalized spacial score (nSPS) is 11.2. The van der Waals surface area contributed by atoms with E-state index in [9.17, 15) is 13.2 Å². The van der Waals surface area contributed by atoms with Crippen molar-refractivity contribution in [3.05, 3.63) is 30.2 Å². The number of alkyl halides is 2. The molecule has 0 aromatic heterocycles. The van der Waals surface area contributed by atoms with Crippen molar-refractivity contribution in [3.8, 4) is 5.75 Å². The van der Waals surface area contributed by atoms with Crippen LogP contribution in [0.15, 0.2) is 24.4 Å². The van der Waals surface area contributed by atoms with Gasteiger partial charge in [-0.3, -0.25) is 0 Å². The van der Waals surface area contributed by atoms with E-state index >= 15 is 0 Å². The molecule has 0 saturated carbocycles. The van der Waals surface area contributed by atoms with Gasteiger partial charge in [-0.2, -0.15) is 8.78 Å². The molecule has 20 heavy (non-hydrogen) atoms. The summed E-state index contributed by atoms with van der Waals surface area (Å²) in [4.78, 5) is 1.34. The topological polar surface area (TPSA) is 64.5 Å². The van der Waals surface area contributed by atoms with Crippen molar-refractivity contribution in [2.75, 3.05) is 24.6 Å². The van der Waals surface area contributed by atoms with Gasteiger partial charge in [-0.25, -0.2) is 4.39 Å². The summed E-state index contributed by atoms with van der Waals surface area (Å²) in [5, 5.41) is 0. The SMILES string of the molecule is C=C(N(CC)CC)C(F)(F)Oc1cc(F)c(N)cc1N. The molecule has 1 aromatic rings. The lowest BCUT2D eigenvalue weighted by molar-refractivity contribution is -0.156. The molecule has 0 heterocycles. The Morgan fingerprint density at radius 3 is 2.30 bits per heavy atom. The second kappa shape index (κ2) is 5.94. The summed E-state index contributed by atoms with van der Waals surface area (Å²) < 4.78 is 45.7. The van der Waals surface area contributed by atoms with E-state index in [0.29, 0.717) is 13.1 Å². The molecule has 0 amide bonds. The number of rotatable bonds is 6. The van der Waals surface area contributed by atoms with Crippen molar-refractivity contribution < 1.29 is 17.9 Å². The fourth-order valence-corrected chi connectivity index (χ4v) is 1.66. The molecule has 0 aliphatic carbocycles. The van der Waals surface area contributed by atoms with Gasteiger partial charge in [-0.05, 0) is 19.9 Å². The first-order valence-electron chi connectivity index (χ1n) is 6.08. The average Bonchev–Trinajstić information content (AvgIpc) is 2.37. The fraction of sp³-hybridized carbons (Fsp3) is 0.385.